The van der Waals surface area contributed by atoms with Gasteiger partial charge in [-0.2, -0.15) is 0 Å². The second-order valence-corrected chi connectivity index (χ2v) is 8.64. The van der Waals surface area contributed by atoms with Crippen molar-refractivity contribution in [1.29, 1.82) is 0 Å². The second-order valence-electron chi connectivity index (χ2n) is 8.64. The molecule has 0 radical (unpaired) electrons. The van der Waals surface area contributed by atoms with Crippen LogP contribution >= 0.6 is 0 Å². The van der Waals surface area contributed by atoms with E-state index >= 15 is 0 Å². The number of amides is 1. The normalized spacial score (nSPS) is 12.7. The van der Waals surface area contributed by atoms with Gasteiger partial charge < -0.3 is 14.4 Å². The van der Waals surface area contributed by atoms with Crippen molar-refractivity contribution in [2.24, 2.45) is 11.8 Å². The minimum absolute atomic E-state index is 0.0537. The minimum Gasteiger partial charge on any atom is -0.454 e. The lowest BCUT2D eigenvalue weighted by atomic mass is 10.0. The van der Waals surface area contributed by atoms with Crippen molar-refractivity contribution in [2.45, 2.75) is 27.7 Å². The lowest BCUT2D eigenvalue weighted by Crippen LogP contribution is -2.37. The van der Waals surface area contributed by atoms with Crippen molar-refractivity contribution in [3.63, 3.8) is 0 Å². The van der Waals surface area contributed by atoms with Crippen molar-refractivity contribution in [3.8, 4) is 22.8 Å². The molecule has 5 heteroatoms. The van der Waals surface area contributed by atoms with Gasteiger partial charge in [0, 0.05) is 24.0 Å². The molecule has 1 aromatic heterocycles. The molecule has 1 aliphatic heterocycles. The Bertz CT molecular complexity index is 1070. The Labute approximate surface area is 177 Å². The molecule has 2 aromatic carbocycles. The number of fused-ring (bicyclic) bond motifs is 2. The molecule has 0 atom stereocenters. The Kier molecular flexibility index (Phi) is 5.62. The molecule has 0 fully saturated rings. The second kappa shape index (κ2) is 8.34. The molecule has 0 saturated heterocycles. The molecule has 1 amide bonds. The van der Waals surface area contributed by atoms with Crippen LogP contribution in [-0.4, -0.2) is 35.7 Å². The topological polar surface area (TPSA) is 51.7 Å². The van der Waals surface area contributed by atoms with E-state index < -0.39 is 0 Å². The Hall–Kier alpha value is -3.08. The number of nitrogens with zero attached hydrogens (tertiary/aromatic N) is 2. The smallest absolute Gasteiger partial charge is 0.254 e. The minimum atomic E-state index is 0.0537. The highest BCUT2D eigenvalue weighted by molar-refractivity contribution is 6.07. The van der Waals surface area contributed by atoms with Gasteiger partial charge in [-0.15, -0.1) is 0 Å². The van der Waals surface area contributed by atoms with Gasteiger partial charge in [-0.3, -0.25) is 4.79 Å². The largest absolute Gasteiger partial charge is 0.454 e. The number of ether oxygens (including phenoxy) is 2. The van der Waals surface area contributed by atoms with Gasteiger partial charge in [0.15, 0.2) is 11.5 Å². The summed E-state index contributed by atoms with van der Waals surface area (Å²) in [6.45, 7) is 10.3. The third kappa shape index (κ3) is 4.11. The molecule has 2 heterocycles. The van der Waals surface area contributed by atoms with E-state index in [0.29, 0.717) is 23.1 Å². The zero-order chi connectivity index (χ0) is 21.3. The molecule has 4 rings (SSSR count). The average Bonchev–Trinajstić information content (AvgIpc) is 3.19. The van der Waals surface area contributed by atoms with Crippen LogP contribution in [0.4, 0.5) is 0 Å². The SMILES string of the molecule is CC(C)CN(CC(C)C)C(=O)c1cc(-c2ccc3c(c2)OCO3)nc2ccccc12. The molecule has 0 unspecified atom stereocenters. The summed E-state index contributed by atoms with van der Waals surface area (Å²) in [5.74, 6) is 2.29. The molecule has 0 N–H and O–H groups in total. The number of para-hydroxylation sites is 1. The average molecular weight is 405 g/mol. The first kappa shape index (κ1) is 20.2. The molecule has 156 valence electrons. The third-order valence-electron chi connectivity index (χ3n) is 5.07. The van der Waals surface area contributed by atoms with Gasteiger partial charge in [0.1, 0.15) is 0 Å². The number of hydrogen-bond acceptors (Lipinski definition) is 4. The molecule has 0 aliphatic carbocycles. The van der Waals surface area contributed by atoms with Gasteiger partial charge in [-0.25, -0.2) is 4.98 Å². The van der Waals surface area contributed by atoms with Gasteiger partial charge in [0.05, 0.1) is 16.8 Å². The van der Waals surface area contributed by atoms with Gasteiger partial charge in [-0.05, 0) is 42.2 Å². The monoisotopic (exact) mass is 404 g/mol. The highest BCUT2D eigenvalue weighted by atomic mass is 16.7. The summed E-state index contributed by atoms with van der Waals surface area (Å²) in [4.78, 5) is 20.5. The molecule has 5 nitrogen and oxygen atoms in total. The summed E-state index contributed by atoms with van der Waals surface area (Å²) in [5, 5.41) is 0.879. The van der Waals surface area contributed by atoms with Gasteiger partial charge in [-0.1, -0.05) is 45.9 Å². The van der Waals surface area contributed by atoms with Crippen molar-refractivity contribution in [1.82, 2.24) is 9.88 Å². The van der Waals surface area contributed by atoms with E-state index in [1.165, 1.54) is 0 Å². The summed E-state index contributed by atoms with van der Waals surface area (Å²) in [6.07, 6.45) is 0. The fourth-order valence-corrected chi connectivity index (χ4v) is 3.85. The summed E-state index contributed by atoms with van der Waals surface area (Å²) >= 11 is 0. The Morgan fingerprint density at radius 1 is 0.967 bits per heavy atom. The number of aromatic nitrogens is 1. The first-order chi connectivity index (χ1) is 14.4. The molecule has 30 heavy (non-hydrogen) atoms. The van der Waals surface area contributed by atoms with Crippen molar-refractivity contribution >= 4 is 16.8 Å². The number of carbonyl (C=O) groups is 1. The zero-order valence-electron chi connectivity index (χ0n) is 18.0. The van der Waals surface area contributed by atoms with Gasteiger partial charge in [0.25, 0.3) is 5.91 Å². The van der Waals surface area contributed by atoms with Crippen LogP contribution in [0.1, 0.15) is 38.1 Å². The quantitative estimate of drug-likeness (QED) is 0.553. The maximum atomic E-state index is 13.7. The Balaban J connectivity index is 1.81. The maximum Gasteiger partial charge on any atom is 0.254 e. The maximum absolute atomic E-state index is 13.7. The molecule has 3 aromatic rings. The number of pyridine rings is 1. The van der Waals surface area contributed by atoms with E-state index in [-0.39, 0.29) is 12.7 Å². The van der Waals surface area contributed by atoms with E-state index in [4.69, 9.17) is 14.5 Å². The molecule has 0 spiro atoms. The predicted molar refractivity (Wildman–Crippen MR) is 119 cm³/mol. The van der Waals surface area contributed by atoms with E-state index in [9.17, 15) is 4.79 Å². The van der Waals surface area contributed by atoms with Crippen molar-refractivity contribution < 1.29 is 14.3 Å². The molecule has 1 aliphatic rings. The fraction of sp³-hybridized carbons (Fsp3) is 0.360. The number of hydrogen-bond donors (Lipinski definition) is 0. The summed E-state index contributed by atoms with van der Waals surface area (Å²) in [5.41, 5.74) is 3.15. The summed E-state index contributed by atoms with van der Waals surface area (Å²) in [6, 6.07) is 15.5. The van der Waals surface area contributed by atoms with Crippen LogP contribution in [0.15, 0.2) is 48.5 Å². The first-order valence-corrected chi connectivity index (χ1v) is 10.5. The first-order valence-electron chi connectivity index (χ1n) is 10.5. The van der Waals surface area contributed by atoms with Crippen LogP contribution in [0.2, 0.25) is 0 Å². The van der Waals surface area contributed by atoms with Crippen LogP contribution in [0.5, 0.6) is 11.5 Å². The fourth-order valence-electron chi connectivity index (χ4n) is 3.85. The predicted octanol–water partition coefficient (Wildman–Crippen LogP) is 5.38. The van der Waals surface area contributed by atoms with Crippen LogP contribution in [0, 0.1) is 11.8 Å². The highest BCUT2D eigenvalue weighted by Crippen LogP contribution is 2.36. The van der Waals surface area contributed by atoms with E-state index in [1.807, 2.05) is 53.4 Å². The lowest BCUT2D eigenvalue weighted by Gasteiger charge is -2.27. The Morgan fingerprint density at radius 2 is 1.67 bits per heavy atom. The van der Waals surface area contributed by atoms with E-state index in [0.717, 1.165) is 41.0 Å². The van der Waals surface area contributed by atoms with E-state index in [2.05, 4.69) is 27.7 Å². The molecular weight excluding hydrogens is 376 g/mol. The lowest BCUT2D eigenvalue weighted by molar-refractivity contribution is 0.0717. The standard InChI is InChI=1S/C25H28N2O3/c1-16(2)13-27(14-17(3)4)25(28)20-12-22(26-21-8-6-5-7-19(20)21)18-9-10-23-24(11-18)30-15-29-23/h5-12,16-17H,13-15H2,1-4H3. The number of benzene rings is 2. The van der Waals surface area contributed by atoms with Crippen LogP contribution in [0.25, 0.3) is 22.2 Å². The Morgan fingerprint density at radius 3 is 2.40 bits per heavy atom. The van der Waals surface area contributed by atoms with Crippen LogP contribution in [-0.2, 0) is 0 Å². The third-order valence-corrected chi connectivity index (χ3v) is 5.07. The van der Waals surface area contributed by atoms with E-state index in [1.54, 1.807) is 0 Å². The van der Waals surface area contributed by atoms with Gasteiger partial charge >= 0.3 is 0 Å². The number of rotatable bonds is 6. The summed E-state index contributed by atoms with van der Waals surface area (Å²) in [7, 11) is 0. The molecule has 0 saturated carbocycles. The van der Waals surface area contributed by atoms with Crippen LogP contribution in [0.3, 0.4) is 0 Å². The van der Waals surface area contributed by atoms with Crippen molar-refractivity contribution in [3.05, 3.63) is 54.1 Å². The molecule has 0 bridgehead atoms. The molecular formula is C25H28N2O3. The van der Waals surface area contributed by atoms with Crippen molar-refractivity contribution in [2.75, 3.05) is 19.9 Å². The van der Waals surface area contributed by atoms with Crippen LogP contribution < -0.4 is 9.47 Å². The zero-order valence-corrected chi connectivity index (χ0v) is 18.0. The highest BCUT2D eigenvalue weighted by Gasteiger charge is 2.22. The summed E-state index contributed by atoms with van der Waals surface area (Å²) < 4.78 is 10.9. The number of carbonyl (C=O) groups excluding carboxylic acids is 1. The van der Waals surface area contributed by atoms with Gasteiger partial charge in [0.2, 0.25) is 6.79 Å².